The van der Waals surface area contributed by atoms with Crippen LogP contribution in [-0.2, 0) is 6.54 Å². The minimum atomic E-state index is 0.208. The van der Waals surface area contributed by atoms with Crippen LogP contribution in [-0.4, -0.2) is 38.9 Å². The number of rotatable bonds is 5. The van der Waals surface area contributed by atoms with Crippen molar-refractivity contribution in [3.63, 3.8) is 0 Å². The van der Waals surface area contributed by atoms with Crippen LogP contribution in [0.3, 0.4) is 0 Å². The van der Waals surface area contributed by atoms with Crippen molar-refractivity contribution < 1.29 is 5.11 Å². The second kappa shape index (κ2) is 7.94. The minimum absolute atomic E-state index is 0.208. The van der Waals surface area contributed by atoms with Crippen LogP contribution in [0.2, 0.25) is 0 Å². The summed E-state index contributed by atoms with van der Waals surface area (Å²) in [5.41, 5.74) is 4.92. The van der Waals surface area contributed by atoms with E-state index >= 15 is 0 Å². The van der Waals surface area contributed by atoms with Crippen LogP contribution in [0.1, 0.15) is 39.3 Å². The van der Waals surface area contributed by atoms with Crippen LogP contribution in [0.5, 0.6) is 0 Å². The lowest BCUT2D eigenvalue weighted by Gasteiger charge is -2.21. The Labute approximate surface area is 172 Å². The molecule has 3 aromatic rings. The van der Waals surface area contributed by atoms with E-state index in [1.54, 1.807) is 0 Å². The van der Waals surface area contributed by atoms with E-state index in [0.717, 1.165) is 19.5 Å². The third-order valence-electron chi connectivity index (χ3n) is 5.35. The molecule has 0 bridgehead atoms. The van der Waals surface area contributed by atoms with Crippen molar-refractivity contribution in [2.45, 2.75) is 55.8 Å². The van der Waals surface area contributed by atoms with Gasteiger partial charge in [-0.15, -0.1) is 11.8 Å². The third-order valence-corrected chi connectivity index (χ3v) is 6.45. The number of hydrogen-bond donors (Lipinski definition) is 2. The van der Waals surface area contributed by atoms with Crippen molar-refractivity contribution in [3.05, 3.63) is 54.2 Å². The summed E-state index contributed by atoms with van der Waals surface area (Å²) in [7, 11) is 0. The maximum atomic E-state index is 9.56. The van der Waals surface area contributed by atoms with Gasteiger partial charge < -0.3 is 10.1 Å². The van der Waals surface area contributed by atoms with Crippen LogP contribution in [0.25, 0.3) is 22.0 Å². The van der Waals surface area contributed by atoms with Gasteiger partial charge in [0.2, 0.25) is 0 Å². The minimum Gasteiger partial charge on any atom is -0.395 e. The predicted octanol–water partition coefficient (Wildman–Crippen LogP) is 5.68. The molecule has 4 rings (SSSR count). The first kappa shape index (κ1) is 19.6. The number of H-pyrrole nitrogens is 1. The Morgan fingerprint density at radius 2 is 1.93 bits per heavy atom. The Morgan fingerprint density at radius 1 is 1.11 bits per heavy atom. The first-order chi connectivity index (χ1) is 13.4. The summed E-state index contributed by atoms with van der Waals surface area (Å²) in [5, 5.41) is 10.8. The summed E-state index contributed by atoms with van der Waals surface area (Å²) in [4.78, 5) is 7.26. The fraction of sp³-hybridized carbons (Fsp3) is 0.417. The topological polar surface area (TPSA) is 39.3 Å². The molecule has 2 heterocycles. The Kier molecular flexibility index (Phi) is 5.55. The smallest absolute Gasteiger partial charge is 0.0587 e. The molecule has 28 heavy (non-hydrogen) atoms. The molecule has 0 unspecified atom stereocenters. The molecule has 1 fully saturated rings. The SMILES string of the molecule is CC(C)(C)Sc1cccc(-c2ccc3[nH]c(CN4CCC[C@@H]4CO)cc3c2)c1. The van der Waals surface area contributed by atoms with Crippen molar-refractivity contribution >= 4 is 22.7 Å². The van der Waals surface area contributed by atoms with E-state index in [1.165, 1.54) is 39.0 Å². The van der Waals surface area contributed by atoms with Crippen molar-refractivity contribution in [2.75, 3.05) is 13.2 Å². The van der Waals surface area contributed by atoms with Gasteiger partial charge in [0, 0.05) is 38.8 Å². The molecule has 0 amide bonds. The molecule has 2 N–H and O–H groups in total. The second-order valence-electron chi connectivity index (χ2n) is 8.79. The van der Waals surface area contributed by atoms with E-state index in [9.17, 15) is 5.11 Å². The highest BCUT2D eigenvalue weighted by molar-refractivity contribution is 8.00. The Morgan fingerprint density at radius 3 is 2.71 bits per heavy atom. The lowest BCUT2D eigenvalue weighted by molar-refractivity contribution is 0.152. The molecule has 1 aromatic heterocycles. The van der Waals surface area contributed by atoms with Crippen molar-refractivity contribution in [2.24, 2.45) is 0 Å². The Bertz CT molecular complexity index is 957. The molecule has 1 saturated heterocycles. The van der Waals surface area contributed by atoms with E-state index in [1.807, 2.05) is 11.8 Å². The van der Waals surface area contributed by atoms with E-state index in [0.29, 0.717) is 6.04 Å². The van der Waals surface area contributed by atoms with Gasteiger partial charge >= 0.3 is 0 Å². The van der Waals surface area contributed by atoms with E-state index in [4.69, 9.17) is 0 Å². The van der Waals surface area contributed by atoms with Gasteiger partial charge in [-0.05, 0) is 60.8 Å². The lowest BCUT2D eigenvalue weighted by atomic mass is 10.0. The molecule has 0 saturated carbocycles. The maximum absolute atomic E-state index is 9.56. The summed E-state index contributed by atoms with van der Waals surface area (Å²) in [6, 6.07) is 18.1. The predicted molar refractivity (Wildman–Crippen MR) is 120 cm³/mol. The highest BCUT2D eigenvalue weighted by Gasteiger charge is 2.24. The average Bonchev–Trinajstić information content (AvgIpc) is 3.25. The van der Waals surface area contributed by atoms with Gasteiger partial charge in [0.15, 0.2) is 0 Å². The number of nitrogens with zero attached hydrogens (tertiary/aromatic N) is 1. The van der Waals surface area contributed by atoms with Crippen LogP contribution in [0.4, 0.5) is 0 Å². The Hall–Kier alpha value is -1.75. The van der Waals surface area contributed by atoms with Gasteiger partial charge in [0.05, 0.1) is 6.61 Å². The standard InChI is InChI=1S/C24H30N2OS/c1-24(2,3)28-22-8-4-6-17(14-22)18-9-10-23-19(12-18)13-20(25-23)15-26-11-5-7-21(26)16-27/h4,6,8-10,12-14,21,25,27H,5,7,11,15-16H2,1-3H3/t21-/m1/s1. The summed E-state index contributed by atoms with van der Waals surface area (Å²) >= 11 is 1.91. The molecule has 4 heteroatoms. The molecule has 148 valence electrons. The number of thioether (sulfide) groups is 1. The Balaban J connectivity index is 1.57. The highest BCUT2D eigenvalue weighted by Crippen LogP contribution is 2.34. The number of aromatic amines is 1. The maximum Gasteiger partial charge on any atom is 0.0587 e. The lowest BCUT2D eigenvalue weighted by Crippen LogP contribution is -2.31. The van der Waals surface area contributed by atoms with Crippen LogP contribution < -0.4 is 0 Å². The molecule has 0 aliphatic carbocycles. The van der Waals surface area contributed by atoms with Gasteiger partial charge in [-0.1, -0.05) is 39.0 Å². The van der Waals surface area contributed by atoms with Crippen molar-refractivity contribution in [3.8, 4) is 11.1 Å². The molecule has 0 spiro atoms. The van der Waals surface area contributed by atoms with E-state index in [-0.39, 0.29) is 11.4 Å². The molecule has 1 aliphatic heterocycles. The number of nitrogens with one attached hydrogen (secondary N) is 1. The monoisotopic (exact) mass is 394 g/mol. The van der Waals surface area contributed by atoms with Gasteiger partial charge in [0.1, 0.15) is 0 Å². The first-order valence-electron chi connectivity index (χ1n) is 10.2. The summed E-state index contributed by atoms with van der Waals surface area (Å²) in [6.45, 7) is 8.96. The fourth-order valence-corrected chi connectivity index (χ4v) is 5.12. The van der Waals surface area contributed by atoms with Gasteiger partial charge in [0.25, 0.3) is 0 Å². The number of aromatic nitrogens is 1. The molecule has 2 aromatic carbocycles. The number of fused-ring (bicyclic) bond motifs is 1. The number of benzene rings is 2. The summed E-state index contributed by atoms with van der Waals surface area (Å²) in [6.07, 6.45) is 2.28. The zero-order valence-electron chi connectivity index (χ0n) is 17.0. The van der Waals surface area contributed by atoms with E-state index < -0.39 is 0 Å². The number of aliphatic hydroxyl groups is 1. The quantitative estimate of drug-likeness (QED) is 0.547. The first-order valence-corrected chi connectivity index (χ1v) is 11.0. The normalized spacial score (nSPS) is 18.2. The number of aliphatic hydroxyl groups excluding tert-OH is 1. The molecular weight excluding hydrogens is 364 g/mol. The second-order valence-corrected chi connectivity index (χ2v) is 10.7. The van der Waals surface area contributed by atoms with Crippen molar-refractivity contribution in [1.29, 1.82) is 0 Å². The molecular formula is C24H30N2OS. The van der Waals surface area contributed by atoms with Crippen molar-refractivity contribution in [1.82, 2.24) is 9.88 Å². The molecule has 1 aliphatic rings. The summed E-state index contributed by atoms with van der Waals surface area (Å²) < 4.78 is 0.208. The van der Waals surface area contributed by atoms with E-state index in [2.05, 4.69) is 79.2 Å². The van der Waals surface area contributed by atoms with Crippen LogP contribution in [0, 0.1) is 0 Å². The van der Waals surface area contributed by atoms with Crippen LogP contribution in [0.15, 0.2) is 53.4 Å². The third kappa shape index (κ3) is 4.45. The number of hydrogen-bond acceptors (Lipinski definition) is 3. The fourth-order valence-electron chi connectivity index (χ4n) is 4.08. The highest BCUT2D eigenvalue weighted by atomic mass is 32.2. The molecule has 1 atom stereocenters. The van der Waals surface area contributed by atoms with Gasteiger partial charge in [-0.3, -0.25) is 4.90 Å². The molecule has 3 nitrogen and oxygen atoms in total. The van der Waals surface area contributed by atoms with Gasteiger partial charge in [-0.25, -0.2) is 0 Å². The average molecular weight is 395 g/mol. The zero-order chi connectivity index (χ0) is 19.7. The summed E-state index contributed by atoms with van der Waals surface area (Å²) in [5.74, 6) is 0. The number of likely N-dealkylation sites (tertiary alicyclic amines) is 1. The zero-order valence-corrected chi connectivity index (χ0v) is 17.9. The van der Waals surface area contributed by atoms with Gasteiger partial charge in [-0.2, -0.15) is 0 Å². The largest absolute Gasteiger partial charge is 0.395 e. The van der Waals surface area contributed by atoms with Crippen LogP contribution >= 0.6 is 11.8 Å². The molecule has 0 radical (unpaired) electrons.